The van der Waals surface area contributed by atoms with E-state index in [1.807, 2.05) is 25.1 Å². The second kappa shape index (κ2) is 4.71. The third-order valence-corrected chi connectivity index (χ3v) is 3.40. The summed E-state index contributed by atoms with van der Waals surface area (Å²) in [5, 5.41) is -0.141. The van der Waals surface area contributed by atoms with Gasteiger partial charge in [-0.15, -0.1) is 11.6 Å². The van der Waals surface area contributed by atoms with Gasteiger partial charge in [-0.3, -0.25) is 4.98 Å². The van der Waals surface area contributed by atoms with E-state index in [-0.39, 0.29) is 11.3 Å². The minimum absolute atomic E-state index is 0.141. The van der Waals surface area contributed by atoms with Gasteiger partial charge in [0.05, 0.1) is 11.6 Å². The molecule has 84 valence electrons. The molecule has 2 rings (SSSR count). The van der Waals surface area contributed by atoms with Crippen LogP contribution in [0.1, 0.15) is 35.1 Å². The minimum Gasteiger partial charge on any atom is -0.467 e. The maximum atomic E-state index is 6.42. The first-order chi connectivity index (χ1) is 7.70. The van der Waals surface area contributed by atoms with Gasteiger partial charge in [-0.25, -0.2) is 0 Å². The third-order valence-electron chi connectivity index (χ3n) is 2.82. The average Bonchev–Trinajstić information content (AvgIpc) is 2.75. The lowest BCUT2D eigenvalue weighted by molar-refractivity contribution is 0.481. The fourth-order valence-corrected chi connectivity index (χ4v) is 2.10. The van der Waals surface area contributed by atoms with Gasteiger partial charge < -0.3 is 4.42 Å². The van der Waals surface area contributed by atoms with Gasteiger partial charge in [0.25, 0.3) is 0 Å². The van der Waals surface area contributed by atoms with E-state index in [0.717, 1.165) is 11.3 Å². The Morgan fingerprint density at radius 3 is 2.50 bits per heavy atom. The molecule has 16 heavy (non-hydrogen) atoms. The maximum absolute atomic E-state index is 6.42. The van der Waals surface area contributed by atoms with Gasteiger partial charge in [0, 0.05) is 18.3 Å². The van der Waals surface area contributed by atoms with E-state index in [0.29, 0.717) is 0 Å². The van der Waals surface area contributed by atoms with Crippen molar-refractivity contribution in [3.8, 4) is 0 Å². The van der Waals surface area contributed by atoms with Crippen molar-refractivity contribution >= 4 is 11.6 Å². The smallest absolute Gasteiger partial charge is 0.125 e. The van der Waals surface area contributed by atoms with Crippen molar-refractivity contribution in [2.75, 3.05) is 0 Å². The average molecular weight is 236 g/mol. The zero-order chi connectivity index (χ0) is 11.5. The molecule has 0 amide bonds. The molecule has 0 saturated carbocycles. The van der Waals surface area contributed by atoms with Crippen LogP contribution in [-0.4, -0.2) is 4.98 Å². The van der Waals surface area contributed by atoms with Crippen LogP contribution in [0.3, 0.4) is 0 Å². The lowest BCUT2D eigenvalue weighted by Gasteiger charge is -2.17. The lowest BCUT2D eigenvalue weighted by Crippen LogP contribution is -2.02. The number of alkyl halides is 1. The van der Waals surface area contributed by atoms with Gasteiger partial charge in [-0.05, 0) is 36.2 Å². The fourth-order valence-electron chi connectivity index (χ4n) is 1.73. The third kappa shape index (κ3) is 2.12. The first kappa shape index (κ1) is 11.2. The summed E-state index contributed by atoms with van der Waals surface area (Å²) in [6, 6.07) is 5.90. The van der Waals surface area contributed by atoms with Crippen LogP contribution >= 0.6 is 11.6 Å². The largest absolute Gasteiger partial charge is 0.467 e. The topological polar surface area (TPSA) is 26.0 Å². The normalized spacial score (nSPS) is 14.7. The Bertz CT molecular complexity index is 452. The van der Waals surface area contributed by atoms with Crippen molar-refractivity contribution < 1.29 is 4.42 Å². The molecule has 3 heteroatoms. The minimum atomic E-state index is -0.141. The van der Waals surface area contributed by atoms with Crippen molar-refractivity contribution in [3.63, 3.8) is 0 Å². The van der Waals surface area contributed by atoms with Crippen LogP contribution in [0.2, 0.25) is 0 Å². The lowest BCUT2D eigenvalue weighted by atomic mass is 9.96. The highest BCUT2D eigenvalue weighted by atomic mass is 35.5. The summed E-state index contributed by atoms with van der Waals surface area (Å²) in [4.78, 5) is 4.00. The summed E-state index contributed by atoms with van der Waals surface area (Å²) >= 11 is 6.42. The van der Waals surface area contributed by atoms with Crippen LogP contribution in [-0.2, 0) is 0 Å². The molecule has 2 aromatic heterocycles. The van der Waals surface area contributed by atoms with E-state index in [1.54, 1.807) is 18.7 Å². The number of halogens is 1. The number of hydrogen-bond donors (Lipinski definition) is 0. The number of rotatable bonds is 3. The molecule has 0 aliphatic carbocycles. The molecule has 0 radical (unpaired) electrons. The molecule has 0 spiro atoms. The SMILES string of the molecule is Cc1ccoc1C(Cl)C(C)c1ccncc1. The molecule has 0 aliphatic heterocycles. The number of nitrogens with zero attached hydrogens (tertiary/aromatic N) is 1. The summed E-state index contributed by atoms with van der Waals surface area (Å²) in [5.41, 5.74) is 2.27. The highest BCUT2D eigenvalue weighted by Crippen LogP contribution is 2.37. The van der Waals surface area contributed by atoms with Crippen LogP contribution in [0, 0.1) is 6.92 Å². The van der Waals surface area contributed by atoms with Crippen molar-refractivity contribution in [1.82, 2.24) is 4.98 Å². The van der Waals surface area contributed by atoms with Gasteiger partial charge in [-0.2, -0.15) is 0 Å². The van der Waals surface area contributed by atoms with Crippen molar-refractivity contribution in [3.05, 3.63) is 53.7 Å². The number of pyridine rings is 1. The van der Waals surface area contributed by atoms with E-state index in [9.17, 15) is 0 Å². The van der Waals surface area contributed by atoms with Crippen LogP contribution < -0.4 is 0 Å². The highest BCUT2D eigenvalue weighted by molar-refractivity contribution is 6.21. The van der Waals surface area contributed by atoms with E-state index in [2.05, 4.69) is 11.9 Å². The Labute approximate surface area is 100 Å². The van der Waals surface area contributed by atoms with Crippen LogP contribution in [0.25, 0.3) is 0 Å². The Morgan fingerprint density at radius 2 is 1.94 bits per heavy atom. The van der Waals surface area contributed by atoms with Gasteiger partial charge in [0.15, 0.2) is 0 Å². The summed E-state index contributed by atoms with van der Waals surface area (Å²) < 4.78 is 5.42. The molecule has 2 heterocycles. The molecule has 2 aromatic rings. The second-order valence-corrected chi connectivity index (χ2v) is 4.41. The highest BCUT2D eigenvalue weighted by Gasteiger charge is 2.22. The van der Waals surface area contributed by atoms with Gasteiger partial charge in [0.2, 0.25) is 0 Å². The summed E-state index contributed by atoms with van der Waals surface area (Å²) in [7, 11) is 0. The quantitative estimate of drug-likeness (QED) is 0.750. The molecule has 0 aliphatic rings. The monoisotopic (exact) mass is 235 g/mol. The van der Waals surface area contributed by atoms with Crippen molar-refractivity contribution in [2.24, 2.45) is 0 Å². The molecule has 2 atom stereocenters. The molecule has 0 bridgehead atoms. The van der Waals surface area contributed by atoms with E-state index in [1.165, 1.54) is 5.56 Å². The molecular weight excluding hydrogens is 222 g/mol. The molecular formula is C13H14ClNO. The Morgan fingerprint density at radius 1 is 1.25 bits per heavy atom. The second-order valence-electron chi connectivity index (χ2n) is 3.94. The van der Waals surface area contributed by atoms with Crippen molar-refractivity contribution in [1.29, 1.82) is 0 Å². The van der Waals surface area contributed by atoms with Crippen LogP contribution in [0.15, 0.2) is 41.3 Å². The number of hydrogen-bond acceptors (Lipinski definition) is 2. The van der Waals surface area contributed by atoms with E-state index >= 15 is 0 Å². The Balaban J connectivity index is 2.23. The fraction of sp³-hybridized carbons (Fsp3) is 0.308. The summed E-state index contributed by atoms with van der Waals surface area (Å²) in [6.45, 7) is 4.10. The first-order valence-corrected chi connectivity index (χ1v) is 5.71. The zero-order valence-electron chi connectivity index (χ0n) is 9.35. The molecule has 0 saturated heterocycles. The summed E-state index contributed by atoms with van der Waals surface area (Å²) in [5.74, 6) is 1.06. The van der Waals surface area contributed by atoms with Crippen LogP contribution in [0.5, 0.6) is 0 Å². The van der Waals surface area contributed by atoms with Gasteiger partial charge in [-0.1, -0.05) is 6.92 Å². The molecule has 2 unspecified atom stereocenters. The van der Waals surface area contributed by atoms with Gasteiger partial charge >= 0.3 is 0 Å². The predicted octanol–water partition coefficient (Wildman–Crippen LogP) is 4.07. The number of aryl methyl sites for hydroxylation is 1. The number of aromatic nitrogens is 1. The molecule has 2 nitrogen and oxygen atoms in total. The van der Waals surface area contributed by atoms with E-state index in [4.69, 9.17) is 16.0 Å². The predicted molar refractivity (Wildman–Crippen MR) is 64.7 cm³/mol. The maximum Gasteiger partial charge on any atom is 0.125 e. The molecule has 0 N–H and O–H groups in total. The Kier molecular flexibility index (Phi) is 3.30. The standard InChI is InChI=1S/C13H14ClNO/c1-9-5-8-16-13(9)12(14)10(2)11-3-6-15-7-4-11/h3-8,10,12H,1-2H3. The number of furan rings is 1. The molecule has 0 fully saturated rings. The van der Waals surface area contributed by atoms with Crippen LogP contribution in [0.4, 0.5) is 0 Å². The zero-order valence-corrected chi connectivity index (χ0v) is 10.1. The van der Waals surface area contributed by atoms with Crippen molar-refractivity contribution in [2.45, 2.75) is 25.1 Å². The molecule has 0 aromatic carbocycles. The first-order valence-electron chi connectivity index (χ1n) is 5.28. The Hall–Kier alpha value is -1.28. The summed E-state index contributed by atoms with van der Waals surface area (Å²) in [6.07, 6.45) is 5.24. The van der Waals surface area contributed by atoms with E-state index < -0.39 is 0 Å². The van der Waals surface area contributed by atoms with Gasteiger partial charge in [0.1, 0.15) is 5.76 Å².